The summed E-state index contributed by atoms with van der Waals surface area (Å²) >= 11 is 5.07. The van der Waals surface area contributed by atoms with Crippen molar-refractivity contribution >= 4 is 23.0 Å². The number of hydrogen-bond acceptors (Lipinski definition) is 1. The summed E-state index contributed by atoms with van der Waals surface area (Å²) in [6.07, 6.45) is 0. The van der Waals surface area contributed by atoms with Crippen LogP contribution in [-0.4, -0.2) is 5.11 Å². The molecule has 6 heteroatoms. The highest BCUT2D eigenvalue weighted by Crippen LogP contribution is 2.16. The summed E-state index contributed by atoms with van der Waals surface area (Å²) in [6.45, 7) is 1.84. The molecule has 2 nitrogen and oxygen atoms in total. The smallest absolute Gasteiger partial charge is 0.171 e. The second-order valence-corrected chi connectivity index (χ2v) is 4.90. The molecule has 0 aliphatic heterocycles. The van der Waals surface area contributed by atoms with Gasteiger partial charge in [-0.15, -0.1) is 0 Å². The van der Waals surface area contributed by atoms with Crippen molar-refractivity contribution in [3.8, 4) is 0 Å². The van der Waals surface area contributed by atoms with Gasteiger partial charge in [-0.05, 0) is 49.0 Å². The Morgan fingerprint density at radius 3 is 2.24 bits per heavy atom. The number of anilines is 1. The molecular formula is C15H13F3N2S. The zero-order chi connectivity index (χ0) is 15.4. The number of nitrogens with one attached hydrogen (secondary N) is 2. The first-order valence-corrected chi connectivity index (χ1v) is 6.64. The van der Waals surface area contributed by atoms with Gasteiger partial charge in [-0.1, -0.05) is 12.1 Å². The lowest BCUT2D eigenvalue weighted by Crippen LogP contribution is -2.31. The quantitative estimate of drug-likeness (QED) is 0.833. The van der Waals surface area contributed by atoms with E-state index in [0.717, 1.165) is 17.7 Å². The molecule has 21 heavy (non-hydrogen) atoms. The second kappa shape index (κ2) is 6.58. The Morgan fingerprint density at radius 2 is 1.62 bits per heavy atom. The van der Waals surface area contributed by atoms with Crippen molar-refractivity contribution < 1.29 is 13.2 Å². The van der Waals surface area contributed by atoms with E-state index in [4.69, 9.17) is 12.2 Å². The van der Waals surface area contributed by atoms with Crippen LogP contribution < -0.4 is 10.6 Å². The topological polar surface area (TPSA) is 24.1 Å². The van der Waals surface area contributed by atoms with Crippen LogP contribution in [0.4, 0.5) is 18.9 Å². The molecule has 0 aromatic heterocycles. The maximum absolute atomic E-state index is 13.5. The van der Waals surface area contributed by atoms with Crippen molar-refractivity contribution in [2.24, 2.45) is 0 Å². The summed E-state index contributed by atoms with van der Waals surface area (Å²) in [6, 6.07) is 8.96. The molecule has 0 saturated carbocycles. The molecule has 0 unspecified atom stereocenters. The molecule has 0 spiro atoms. The van der Waals surface area contributed by atoms with E-state index < -0.39 is 11.6 Å². The van der Waals surface area contributed by atoms with E-state index in [-0.39, 0.29) is 22.7 Å². The van der Waals surface area contributed by atoms with Gasteiger partial charge in [-0.25, -0.2) is 13.2 Å². The van der Waals surface area contributed by atoms with Crippen molar-refractivity contribution in [3.05, 3.63) is 65.5 Å². The van der Waals surface area contributed by atoms with Crippen LogP contribution in [-0.2, 0) is 0 Å². The van der Waals surface area contributed by atoms with Gasteiger partial charge in [0.15, 0.2) is 5.11 Å². The van der Waals surface area contributed by atoms with Crippen LogP contribution >= 0.6 is 12.2 Å². The van der Waals surface area contributed by atoms with Gasteiger partial charge in [-0.2, -0.15) is 0 Å². The summed E-state index contributed by atoms with van der Waals surface area (Å²) < 4.78 is 39.1. The molecule has 0 heterocycles. The Morgan fingerprint density at radius 1 is 1.00 bits per heavy atom. The van der Waals surface area contributed by atoms with Gasteiger partial charge < -0.3 is 10.6 Å². The fraction of sp³-hybridized carbons (Fsp3) is 0.133. The van der Waals surface area contributed by atoms with E-state index in [2.05, 4.69) is 10.6 Å². The van der Waals surface area contributed by atoms with Gasteiger partial charge >= 0.3 is 0 Å². The molecular weight excluding hydrogens is 297 g/mol. The summed E-state index contributed by atoms with van der Waals surface area (Å²) in [5.74, 6) is -1.70. The molecule has 0 fully saturated rings. The molecule has 0 aliphatic rings. The molecule has 2 aromatic carbocycles. The van der Waals surface area contributed by atoms with E-state index >= 15 is 0 Å². The molecule has 1 atom stereocenters. The first kappa shape index (κ1) is 15.3. The van der Waals surface area contributed by atoms with Crippen LogP contribution in [0.2, 0.25) is 0 Å². The lowest BCUT2D eigenvalue weighted by Gasteiger charge is -2.17. The van der Waals surface area contributed by atoms with E-state index in [1.807, 2.05) is 6.92 Å². The van der Waals surface area contributed by atoms with E-state index in [0.29, 0.717) is 0 Å². The summed E-state index contributed by atoms with van der Waals surface area (Å²) in [5, 5.41) is 5.79. The average molecular weight is 310 g/mol. The van der Waals surface area contributed by atoms with Crippen LogP contribution in [0.25, 0.3) is 0 Å². The Balaban J connectivity index is 1.99. The van der Waals surface area contributed by atoms with Gasteiger partial charge in [0.2, 0.25) is 0 Å². The summed E-state index contributed by atoms with van der Waals surface area (Å²) in [5.41, 5.74) is 0.917. The maximum Gasteiger partial charge on any atom is 0.171 e. The highest BCUT2D eigenvalue weighted by Gasteiger charge is 2.09. The number of thiocarbonyl (C=S) groups is 1. The van der Waals surface area contributed by atoms with Crippen LogP contribution in [0.15, 0.2) is 42.5 Å². The monoisotopic (exact) mass is 310 g/mol. The Kier molecular flexibility index (Phi) is 4.80. The number of benzene rings is 2. The van der Waals surface area contributed by atoms with Crippen molar-refractivity contribution in [3.63, 3.8) is 0 Å². The number of hydrogen-bond donors (Lipinski definition) is 2. The highest BCUT2D eigenvalue weighted by molar-refractivity contribution is 7.80. The zero-order valence-electron chi connectivity index (χ0n) is 11.2. The maximum atomic E-state index is 13.5. The minimum Gasteiger partial charge on any atom is -0.356 e. The van der Waals surface area contributed by atoms with Crippen molar-refractivity contribution in [2.75, 3.05) is 5.32 Å². The third-order valence-corrected chi connectivity index (χ3v) is 3.12. The number of halogens is 3. The molecule has 2 N–H and O–H groups in total. The summed E-state index contributed by atoms with van der Waals surface area (Å²) in [4.78, 5) is 0. The predicted molar refractivity (Wildman–Crippen MR) is 80.5 cm³/mol. The van der Waals surface area contributed by atoms with Gasteiger partial charge in [-0.3, -0.25) is 0 Å². The minimum atomic E-state index is -0.728. The lowest BCUT2D eigenvalue weighted by molar-refractivity contribution is 0.586. The molecule has 110 valence electrons. The van der Waals surface area contributed by atoms with Crippen molar-refractivity contribution in [1.29, 1.82) is 0 Å². The molecule has 0 saturated heterocycles. The summed E-state index contributed by atoms with van der Waals surface area (Å²) in [7, 11) is 0. The fourth-order valence-corrected chi connectivity index (χ4v) is 2.07. The van der Waals surface area contributed by atoms with Gasteiger partial charge in [0.05, 0.1) is 11.7 Å². The first-order valence-electron chi connectivity index (χ1n) is 6.24. The molecule has 0 amide bonds. The predicted octanol–water partition coefficient (Wildman–Crippen LogP) is 4.15. The zero-order valence-corrected chi connectivity index (χ0v) is 12.0. The largest absolute Gasteiger partial charge is 0.356 e. The second-order valence-electron chi connectivity index (χ2n) is 4.50. The van der Waals surface area contributed by atoms with E-state index in [1.165, 1.54) is 18.2 Å². The van der Waals surface area contributed by atoms with Crippen LogP contribution in [0, 0.1) is 17.5 Å². The van der Waals surface area contributed by atoms with Gasteiger partial charge in [0.25, 0.3) is 0 Å². The minimum absolute atomic E-state index is 0.0835. The van der Waals surface area contributed by atoms with Crippen LogP contribution in [0.1, 0.15) is 18.5 Å². The Bertz CT molecular complexity index is 644. The molecule has 2 aromatic rings. The van der Waals surface area contributed by atoms with Crippen molar-refractivity contribution in [2.45, 2.75) is 13.0 Å². The molecule has 0 aliphatic carbocycles. The third kappa shape index (κ3) is 4.19. The lowest BCUT2D eigenvalue weighted by atomic mass is 10.1. The SMILES string of the molecule is C[C@@H](NC(=S)Nc1ccc(F)cc1F)c1ccc(F)cc1. The van der Waals surface area contributed by atoms with Gasteiger partial charge in [0.1, 0.15) is 17.5 Å². The molecule has 0 radical (unpaired) electrons. The Labute approximate surface area is 126 Å². The molecule has 2 rings (SSSR count). The normalized spacial score (nSPS) is 11.8. The van der Waals surface area contributed by atoms with Gasteiger partial charge in [0, 0.05) is 6.07 Å². The average Bonchev–Trinajstić information content (AvgIpc) is 2.42. The Hall–Kier alpha value is -2.08. The third-order valence-electron chi connectivity index (χ3n) is 2.90. The van der Waals surface area contributed by atoms with Crippen molar-refractivity contribution in [1.82, 2.24) is 5.32 Å². The standard InChI is InChI=1S/C15H13F3N2S/c1-9(10-2-4-11(16)5-3-10)19-15(21)20-14-7-6-12(17)8-13(14)18/h2-9H,1H3,(H2,19,20,21)/t9-/m1/s1. The number of rotatable bonds is 3. The van der Waals surface area contributed by atoms with Crippen LogP contribution in [0.5, 0.6) is 0 Å². The highest BCUT2D eigenvalue weighted by atomic mass is 32.1. The fourth-order valence-electron chi connectivity index (χ4n) is 1.78. The van der Waals surface area contributed by atoms with E-state index in [1.54, 1.807) is 12.1 Å². The van der Waals surface area contributed by atoms with Crippen LogP contribution in [0.3, 0.4) is 0 Å². The van der Waals surface area contributed by atoms with E-state index in [9.17, 15) is 13.2 Å². The first-order chi connectivity index (χ1) is 9.95. The molecule has 0 bridgehead atoms.